The van der Waals surface area contributed by atoms with Gasteiger partial charge in [0, 0.05) is 47.8 Å². The molecule has 1 aliphatic rings. The lowest BCUT2D eigenvalue weighted by molar-refractivity contribution is 0.510. The van der Waals surface area contributed by atoms with Crippen LogP contribution in [-0.2, 0) is 0 Å². The molecule has 28 heavy (non-hydrogen) atoms. The van der Waals surface area contributed by atoms with Gasteiger partial charge in [-0.2, -0.15) is 0 Å². The molecule has 0 unspecified atom stereocenters. The van der Waals surface area contributed by atoms with Crippen molar-refractivity contribution in [2.24, 2.45) is 0 Å². The first kappa shape index (κ1) is 16.9. The predicted molar refractivity (Wildman–Crippen MR) is 96.5 cm³/mol. The van der Waals surface area contributed by atoms with Gasteiger partial charge < -0.3 is 4.57 Å². The van der Waals surface area contributed by atoms with Gasteiger partial charge in [-0.25, -0.2) is 22.5 Å². The first-order valence-electron chi connectivity index (χ1n) is 8.78. The van der Waals surface area contributed by atoms with Gasteiger partial charge in [0.15, 0.2) is 11.6 Å². The first-order chi connectivity index (χ1) is 13.5. The van der Waals surface area contributed by atoms with Crippen LogP contribution in [0.4, 0.5) is 17.6 Å². The number of halogens is 4. The third kappa shape index (κ3) is 2.83. The molecule has 4 aromatic rings. The second-order valence-corrected chi connectivity index (χ2v) is 6.91. The summed E-state index contributed by atoms with van der Waals surface area (Å²) < 4.78 is 56.5. The minimum absolute atomic E-state index is 0.153. The molecular weight excluding hydrogens is 370 g/mol. The molecule has 1 fully saturated rings. The van der Waals surface area contributed by atoms with Gasteiger partial charge in [0.1, 0.15) is 17.5 Å². The lowest BCUT2D eigenvalue weighted by Crippen LogP contribution is -1.98. The van der Waals surface area contributed by atoms with Crippen LogP contribution < -0.4 is 0 Å². The van der Waals surface area contributed by atoms with E-state index in [1.165, 1.54) is 18.3 Å². The minimum atomic E-state index is -0.957. The molecule has 0 saturated heterocycles. The Kier molecular flexibility index (Phi) is 3.72. The van der Waals surface area contributed by atoms with Crippen LogP contribution in [0, 0.1) is 23.3 Å². The van der Waals surface area contributed by atoms with Crippen molar-refractivity contribution in [3.63, 3.8) is 0 Å². The van der Waals surface area contributed by atoms with Gasteiger partial charge in [0.2, 0.25) is 0 Å². The molecule has 0 amide bonds. The van der Waals surface area contributed by atoms with E-state index >= 15 is 0 Å². The van der Waals surface area contributed by atoms with E-state index in [4.69, 9.17) is 0 Å². The summed E-state index contributed by atoms with van der Waals surface area (Å²) in [6, 6.07) is 7.34. The Hall–Kier alpha value is -3.22. The summed E-state index contributed by atoms with van der Waals surface area (Å²) in [5.41, 5.74) is 2.33. The zero-order valence-corrected chi connectivity index (χ0v) is 14.5. The second kappa shape index (κ2) is 6.15. The molecule has 2 aromatic heterocycles. The quantitative estimate of drug-likeness (QED) is 0.428. The molecule has 2 aromatic carbocycles. The highest BCUT2D eigenvalue weighted by atomic mass is 19.2. The van der Waals surface area contributed by atoms with Crippen molar-refractivity contribution in [2.45, 2.75) is 18.9 Å². The summed E-state index contributed by atoms with van der Waals surface area (Å²) >= 11 is 0. The third-order valence-corrected chi connectivity index (χ3v) is 4.84. The molecule has 2 heterocycles. The van der Waals surface area contributed by atoms with Crippen molar-refractivity contribution in [1.29, 1.82) is 0 Å². The number of hydrogen-bond donors (Lipinski definition) is 0. The van der Waals surface area contributed by atoms with E-state index in [2.05, 4.69) is 9.97 Å². The van der Waals surface area contributed by atoms with Crippen LogP contribution in [0.25, 0.3) is 33.5 Å². The Morgan fingerprint density at radius 2 is 1.43 bits per heavy atom. The molecule has 0 spiro atoms. The van der Waals surface area contributed by atoms with E-state index in [1.54, 1.807) is 12.3 Å². The van der Waals surface area contributed by atoms with Crippen molar-refractivity contribution in [3.05, 3.63) is 72.1 Å². The van der Waals surface area contributed by atoms with E-state index in [0.29, 0.717) is 33.5 Å². The summed E-state index contributed by atoms with van der Waals surface area (Å²) in [6.45, 7) is 0. The van der Waals surface area contributed by atoms with Crippen molar-refractivity contribution in [2.75, 3.05) is 0 Å². The summed E-state index contributed by atoms with van der Waals surface area (Å²) in [5.74, 6) is -2.73. The number of rotatable bonds is 3. The van der Waals surface area contributed by atoms with Gasteiger partial charge in [-0.1, -0.05) is 0 Å². The zero-order valence-electron chi connectivity index (χ0n) is 14.5. The molecule has 0 atom stereocenters. The molecule has 1 aliphatic carbocycles. The van der Waals surface area contributed by atoms with Gasteiger partial charge >= 0.3 is 0 Å². The number of aromatic nitrogens is 3. The number of nitrogens with zero attached hydrogens (tertiary/aromatic N) is 3. The fourth-order valence-corrected chi connectivity index (χ4v) is 3.44. The molecule has 1 saturated carbocycles. The Bertz CT molecular complexity index is 1210. The monoisotopic (exact) mass is 383 g/mol. The van der Waals surface area contributed by atoms with Crippen LogP contribution in [0.2, 0.25) is 0 Å². The number of imidazole rings is 1. The second-order valence-electron chi connectivity index (χ2n) is 6.91. The van der Waals surface area contributed by atoms with E-state index in [1.807, 2.05) is 4.57 Å². The number of pyridine rings is 1. The highest BCUT2D eigenvalue weighted by Gasteiger charge is 2.29. The molecule has 7 heteroatoms. The van der Waals surface area contributed by atoms with Crippen molar-refractivity contribution in [1.82, 2.24) is 14.5 Å². The van der Waals surface area contributed by atoms with E-state index in [9.17, 15) is 17.6 Å². The first-order valence-corrected chi connectivity index (χ1v) is 8.78. The number of fused-ring (bicyclic) bond motifs is 1. The Morgan fingerprint density at radius 3 is 2.14 bits per heavy atom. The average Bonchev–Trinajstić information content (AvgIpc) is 3.43. The molecule has 3 nitrogen and oxygen atoms in total. The summed E-state index contributed by atoms with van der Waals surface area (Å²) in [4.78, 5) is 8.66. The number of benzene rings is 2. The van der Waals surface area contributed by atoms with E-state index in [0.717, 1.165) is 31.0 Å². The maximum atomic E-state index is 13.8. The SMILES string of the molecule is Fc1cc(F)cc(-c2cncc(-c3nc4cc(F)c(F)cc4n3C3CC3)c2)c1. The van der Waals surface area contributed by atoms with Crippen LogP contribution >= 0.6 is 0 Å². The Morgan fingerprint density at radius 1 is 0.750 bits per heavy atom. The molecule has 0 N–H and O–H groups in total. The van der Waals surface area contributed by atoms with Gasteiger partial charge in [-0.15, -0.1) is 0 Å². The third-order valence-electron chi connectivity index (χ3n) is 4.84. The maximum absolute atomic E-state index is 13.8. The topological polar surface area (TPSA) is 30.7 Å². The smallest absolute Gasteiger partial charge is 0.161 e. The van der Waals surface area contributed by atoms with E-state index in [-0.39, 0.29) is 6.04 Å². The zero-order chi connectivity index (χ0) is 19.4. The summed E-state index contributed by atoms with van der Waals surface area (Å²) in [6.07, 6.45) is 4.91. The van der Waals surface area contributed by atoms with Gasteiger partial charge in [0.05, 0.1) is 11.0 Å². The highest BCUT2D eigenvalue weighted by Crippen LogP contribution is 2.42. The molecule has 140 valence electrons. The van der Waals surface area contributed by atoms with Crippen LogP contribution in [0.3, 0.4) is 0 Å². The average molecular weight is 383 g/mol. The minimum Gasteiger partial charge on any atom is -0.321 e. The van der Waals surface area contributed by atoms with Crippen molar-refractivity contribution in [3.8, 4) is 22.5 Å². The van der Waals surface area contributed by atoms with Crippen LogP contribution in [0.1, 0.15) is 18.9 Å². The molecule has 0 radical (unpaired) electrons. The normalized spacial score (nSPS) is 14.0. The van der Waals surface area contributed by atoms with Crippen molar-refractivity contribution >= 4 is 11.0 Å². The lowest BCUT2D eigenvalue weighted by atomic mass is 10.1. The molecule has 0 aliphatic heterocycles. The standard InChI is InChI=1S/C21H13F4N3/c22-14-4-11(5-15(23)6-14)12-3-13(10-26-9-12)21-27-19-7-17(24)18(25)8-20(19)28(21)16-1-2-16/h3-10,16H,1-2H2. The Balaban J connectivity index is 1.69. The fraction of sp³-hybridized carbons (Fsp3) is 0.143. The molecule has 5 rings (SSSR count). The van der Waals surface area contributed by atoms with Crippen molar-refractivity contribution < 1.29 is 17.6 Å². The predicted octanol–water partition coefficient (Wildman–Crippen LogP) is 5.66. The lowest BCUT2D eigenvalue weighted by Gasteiger charge is -2.09. The van der Waals surface area contributed by atoms with Gasteiger partial charge in [-0.05, 0) is 36.6 Å². The molecule has 0 bridgehead atoms. The van der Waals surface area contributed by atoms with Crippen LogP contribution in [-0.4, -0.2) is 14.5 Å². The van der Waals surface area contributed by atoms with Crippen LogP contribution in [0.15, 0.2) is 48.8 Å². The van der Waals surface area contributed by atoms with Crippen LogP contribution in [0.5, 0.6) is 0 Å². The fourth-order valence-electron chi connectivity index (χ4n) is 3.44. The maximum Gasteiger partial charge on any atom is 0.161 e. The van der Waals surface area contributed by atoms with Gasteiger partial charge in [0.25, 0.3) is 0 Å². The summed E-state index contributed by atoms with van der Waals surface area (Å²) in [7, 11) is 0. The molecular formula is C21H13F4N3. The summed E-state index contributed by atoms with van der Waals surface area (Å²) in [5, 5.41) is 0. The Labute approximate surface area is 157 Å². The highest BCUT2D eigenvalue weighted by molar-refractivity contribution is 5.82. The van der Waals surface area contributed by atoms with E-state index < -0.39 is 23.3 Å². The number of hydrogen-bond acceptors (Lipinski definition) is 2. The largest absolute Gasteiger partial charge is 0.321 e. The van der Waals surface area contributed by atoms with Gasteiger partial charge in [-0.3, -0.25) is 4.98 Å².